The average molecular weight is 160 g/mol. The maximum Gasteiger partial charge on any atom is 0.195 e. The van der Waals surface area contributed by atoms with E-state index in [1.54, 1.807) is 0 Å². The van der Waals surface area contributed by atoms with Gasteiger partial charge in [-0.2, -0.15) is 0 Å². The van der Waals surface area contributed by atoms with Gasteiger partial charge in [-0.1, -0.05) is 24.3 Å². The second-order valence-corrected chi connectivity index (χ2v) is 3.51. The van der Waals surface area contributed by atoms with Crippen molar-refractivity contribution >= 4 is 5.78 Å². The van der Waals surface area contributed by atoms with Gasteiger partial charge in [0.1, 0.15) is 5.60 Å². The van der Waals surface area contributed by atoms with Gasteiger partial charge >= 0.3 is 0 Å². The Balaban J connectivity index is 2.32. The molecule has 12 heavy (non-hydrogen) atoms. The molecule has 2 atom stereocenters. The van der Waals surface area contributed by atoms with Crippen molar-refractivity contribution in [2.45, 2.75) is 18.6 Å². The third kappa shape index (κ3) is 0.505. The molecule has 0 N–H and O–H groups in total. The molecular formula is C10H8O2. The number of Topliss-reactive ketones (excluding diaryl/α,β-unsaturated/α-hetero) is 1. The highest BCUT2D eigenvalue weighted by atomic mass is 16.6. The molecule has 1 saturated heterocycles. The summed E-state index contributed by atoms with van der Waals surface area (Å²) in [6.45, 7) is 1.97. The first-order chi connectivity index (χ1) is 5.73. The molecule has 0 amide bonds. The first kappa shape index (κ1) is 6.38. The third-order valence-electron chi connectivity index (χ3n) is 2.77. The number of benzene rings is 1. The summed E-state index contributed by atoms with van der Waals surface area (Å²) in [7, 11) is 0. The van der Waals surface area contributed by atoms with Gasteiger partial charge in [-0.15, -0.1) is 0 Å². The van der Waals surface area contributed by atoms with Gasteiger partial charge in [0, 0.05) is 5.56 Å². The highest BCUT2D eigenvalue weighted by Gasteiger charge is 2.64. The predicted octanol–water partition coefficient (Wildman–Crippen LogP) is 1.50. The quantitative estimate of drug-likeness (QED) is 0.538. The molecule has 1 aliphatic carbocycles. The number of fused-ring (bicyclic) bond motifs is 3. The van der Waals surface area contributed by atoms with Crippen molar-refractivity contribution in [3.63, 3.8) is 0 Å². The van der Waals surface area contributed by atoms with Gasteiger partial charge in [-0.05, 0) is 12.5 Å². The fourth-order valence-electron chi connectivity index (χ4n) is 1.99. The van der Waals surface area contributed by atoms with Crippen LogP contribution in [0.2, 0.25) is 0 Å². The molecule has 0 aromatic heterocycles. The van der Waals surface area contributed by atoms with Crippen molar-refractivity contribution in [2.24, 2.45) is 0 Å². The second kappa shape index (κ2) is 1.62. The predicted molar refractivity (Wildman–Crippen MR) is 43.0 cm³/mol. The maximum absolute atomic E-state index is 11.5. The summed E-state index contributed by atoms with van der Waals surface area (Å²) in [5, 5.41) is 0. The lowest BCUT2D eigenvalue weighted by atomic mass is 10.0. The Hall–Kier alpha value is -1.15. The lowest BCUT2D eigenvalue weighted by Crippen LogP contribution is -2.02. The second-order valence-electron chi connectivity index (χ2n) is 3.51. The van der Waals surface area contributed by atoms with Crippen molar-refractivity contribution < 1.29 is 9.53 Å². The van der Waals surface area contributed by atoms with E-state index in [9.17, 15) is 4.79 Å². The Labute approximate surface area is 70.2 Å². The summed E-state index contributed by atoms with van der Waals surface area (Å²) < 4.78 is 5.33. The fraction of sp³-hybridized carbons (Fsp3) is 0.300. The van der Waals surface area contributed by atoms with Crippen LogP contribution in [0.25, 0.3) is 0 Å². The number of ether oxygens (including phenoxy) is 1. The molecule has 3 rings (SSSR count). The van der Waals surface area contributed by atoms with E-state index < -0.39 is 0 Å². The van der Waals surface area contributed by atoms with Gasteiger partial charge in [-0.3, -0.25) is 4.79 Å². The van der Waals surface area contributed by atoms with Gasteiger partial charge in [0.05, 0.1) is 0 Å². The Morgan fingerprint density at radius 3 is 2.92 bits per heavy atom. The van der Waals surface area contributed by atoms with Gasteiger partial charge in [0.2, 0.25) is 0 Å². The van der Waals surface area contributed by atoms with Crippen LogP contribution in [0, 0.1) is 0 Å². The minimum Gasteiger partial charge on any atom is -0.352 e. The Kier molecular flexibility index (Phi) is 0.858. The number of rotatable bonds is 0. The number of carbonyl (C=O) groups is 1. The normalized spacial score (nSPS) is 36.1. The summed E-state index contributed by atoms with van der Waals surface area (Å²) in [6, 6.07) is 7.69. The Bertz CT molecular complexity index is 383. The SMILES string of the molecule is CC12OC1C(=O)c1ccccc12. The van der Waals surface area contributed by atoms with Crippen LogP contribution < -0.4 is 0 Å². The van der Waals surface area contributed by atoms with Crippen LogP contribution in [0.4, 0.5) is 0 Å². The molecule has 0 saturated carbocycles. The van der Waals surface area contributed by atoms with E-state index in [1.807, 2.05) is 31.2 Å². The minimum atomic E-state index is -0.284. The molecule has 60 valence electrons. The molecule has 2 unspecified atom stereocenters. The van der Waals surface area contributed by atoms with E-state index in [0.717, 1.165) is 11.1 Å². The number of hydrogen-bond donors (Lipinski definition) is 0. The van der Waals surface area contributed by atoms with Crippen LogP contribution >= 0.6 is 0 Å². The lowest BCUT2D eigenvalue weighted by molar-refractivity contribution is 0.0950. The first-order valence-corrected chi connectivity index (χ1v) is 4.05. The number of epoxide rings is 1. The van der Waals surface area contributed by atoms with Crippen LogP contribution in [0.1, 0.15) is 22.8 Å². The van der Waals surface area contributed by atoms with Gasteiger partial charge in [-0.25, -0.2) is 0 Å². The zero-order valence-electron chi connectivity index (χ0n) is 6.70. The van der Waals surface area contributed by atoms with Gasteiger partial charge < -0.3 is 4.74 Å². The molecule has 1 aliphatic heterocycles. The summed E-state index contributed by atoms with van der Waals surface area (Å²) in [5.74, 6) is 0.146. The molecule has 0 radical (unpaired) electrons. The van der Waals surface area contributed by atoms with Crippen LogP contribution in [0.5, 0.6) is 0 Å². The first-order valence-electron chi connectivity index (χ1n) is 4.05. The van der Waals surface area contributed by atoms with E-state index in [2.05, 4.69) is 0 Å². The third-order valence-corrected chi connectivity index (χ3v) is 2.77. The van der Waals surface area contributed by atoms with Gasteiger partial charge in [0.25, 0.3) is 0 Å². The number of ketones is 1. The Morgan fingerprint density at radius 2 is 2.17 bits per heavy atom. The number of carbonyl (C=O) groups excluding carboxylic acids is 1. The van der Waals surface area contributed by atoms with Crippen molar-refractivity contribution in [2.75, 3.05) is 0 Å². The highest BCUT2D eigenvalue weighted by molar-refractivity contribution is 6.07. The number of hydrogen-bond acceptors (Lipinski definition) is 2. The van der Waals surface area contributed by atoms with Crippen molar-refractivity contribution in [1.29, 1.82) is 0 Å². The van der Waals surface area contributed by atoms with E-state index in [1.165, 1.54) is 0 Å². The average Bonchev–Trinajstić information content (AvgIpc) is 2.73. The summed E-state index contributed by atoms with van der Waals surface area (Å²) >= 11 is 0. The Morgan fingerprint density at radius 1 is 1.42 bits per heavy atom. The molecule has 0 spiro atoms. The van der Waals surface area contributed by atoms with Crippen LogP contribution in [-0.4, -0.2) is 11.9 Å². The van der Waals surface area contributed by atoms with E-state index in [-0.39, 0.29) is 17.5 Å². The van der Waals surface area contributed by atoms with Crippen molar-refractivity contribution in [1.82, 2.24) is 0 Å². The molecule has 2 nitrogen and oxygen atoms in total. The molecule has 1 aromatic carbocycles. The molecule has 1 heterocycles. The summed E-state index contributed by atoms with van der Waals surface area (Å²) in [4.78, 5) is 11.5. The van der Waals surface area contributed by atoms with Crippen molar-refractivity contribution in [3.05, 3.63) is 35.4 Å². The maximum atomic E-state index is 11.5. The van der Waals surface area contributed by atoms with Crippen LogP contribution in [-0.2, 0) is 10.3 Å². The van der Waals surface area contributed by atoms with Crippen LogP contribution in [0.15, 0.2) is 24.3 Å². The molecule has 0 bridgehead atoms. The largest absolute Gasteiger partial charge is 0.352 e. The summed E-state index contributed by atoms with van der Waals surface area (Å²) in [6.07, 6.45) is -0.185. The molecule has 2 heteroatoms. The highest BCUT2D eigenvalue weighted by Crippen LogP contribution is 2.53. The molecule has 1 aromatic rings. The van der Waals surface area contributed by atoms with Gasteiger partial charge in [0.15, 0.2) is 11.9 Å². The minimum absolute atomic E-state index is 0.146. The monoisotopic (exact) mass is 160 g/mol. The molecule has 2 aliphatic rings. The standard InChI is InChI=1S/C10H8O2/c1-10-7-5-3-2-4-6(7)8(11)9(10)12-10/h2-5,9H,1H3. The smallest absolute Gasteiger partial charge is 0.195 e. The zero-order chi connectivity index (χ0) is 8.34. The van der Waals surface area contributed by atoms with E-state index in [4.69, 9.17) is 4.74 Å². The van der Waals surface area contributed by atoms with E-state index >= 15 is 0 Å². The zero-order valence-corrected chi connectivity index (χ0v) is 6.70. The lowest BCUT2D eigenvalue weighted by Gasteiger charge is -2.03. The topological polar surface area (TPSA) is 29.6 Å². The van der Waals surface area contributed by atoms with E-state index in [0.29, 0.717) is 0 Å². The van der Waals surface area contributed by atoms with Crippen molar-refractivity contribution in [3.8, 4) is 0 Å². The molecular weight excluding hydrogens is 152 g/mol. The molecule has 1 fully saturated rings. The fourth-order valence-corrected chi connectivity index (χ4v) is 1.99. The van der Waals surface area contributed by atoms with Crippen LogP contribution in [0.3, 0.4) is 0 Å². The summed E-state index contributed by atoms with van der Waals surface area (Å²) in [5.41, 5.74) is 1.62.